The fourth-order valence-electron chi connectivity index (χ4n) is 5.64. The Balaban J connectivity index is 1.88. The minimum atomic E-state index is -1.09. The lowest BCUT2D eigenvalue weighted by Crippen LogP contribution is -2.59. The molecule has 3 heterocycles. The summed E-state index contributed by atoms with van der Waals surface area (Å²) < 4.78 is 10.8. The Kier molecular flexibility index (Phi) is 5.57. The summed E-state index contributed by atoms with van der Waals surface area (Å²) in [6.07, 6.45) is 2.25. The molecule has 4 rings (SSSR count). The van der Waals surface area contributed by atoms with Gasteiger partial charge >= 0.3 is 5.97 Å². The summed E-state index contributed by atoms with van der Waals surface area (Å²) in [5, 5.41) is 0. The van der Waals surface area contributed by atoms with Crippen LogP contribution in [0.5, 0.6) is 5.75 Å². The van der Waals surface area contributed by atoms with Crippen LogP contribution in [0.2, 0.25) is 0 Å². The average molecular weight is 433 g/mol. The summed E-state index contributed by atoms with van der Waals surface area (Å²) >= 11 is 1.69. The largest absolute Gasteiger partial charge is 0.496 e. The number of ether oxygens (including phenoxy) is 2. The molecule has 3 saturated heterocycles. The van der Waals surface area contributed by atoms with E-state index in [1.807, 2.05) is 18.2 Å². The molecule has 0 aromatic heterocycles. The van der Waals surface area contributed by atoms with Crippen molar-refractivity contribution in [1.82, 2.24) is 9.80 Å². The number of hydrogen-bond acceptors (Lipinski definition) is 7. The van der Waals surface area contributed by atoms with E-state index in [2.05, 4.69) is 11.8 Å². The number of carbonyl (C=O) groups is 3. The number of benzene rings is 1. The van der Waals surface area contributed by atoms with Crippen molar-refractivity contribution < 1.29 is 23.9 Å². The SMILES string of the molecule is CCSc1ccc([C@@H]2[C@H]3C(=O)N(C)C(=O)[C@H]3[C@]3(C(=O)OC)CCCCN23)cc1OC. The molecule has 8 heteroatoms. The average Bonchev–Trinajstić information content (AvgIpc) is 3.20. The van der Waals surface area contributed by atoms with Crippen LogP contribution in [0.25, 0.3) is 0 Å². The second-order valence-corrected chi connectivity index (χ2v) is 9.40. The molecule has 1 aromatic rings. The highest BCUT2D eigenvalue weighted by Gasteiger charge is 2.72. The molecule has 30 heavy (non-hydrogen) atoms. The predicted octanol–water partition coefficient (Wildman–Crippen LogP) is 2.49. The molecule has 2 amide bonds. The molecule has 3 aliphatic heterocycles. The Labute approximate surface area is 181 Å². The van der Waals surface area contributed by atoms with Gasteiger partial charge in [-0.2, -0.15) is 0 Å². The number of carbonyl (C=O) groups excluding carboxylic acids is 3. The van der Waals surface area contributed by atoms with Crippen molar-refractivity contribution in [1.29, 1.82) is 0 Å². The number of rotatable bonds is 5. The molecule has 0 spiro atoms. The molecular formula is C22H28N2O5S. The van der Waals surface area contributed by atoms with Crippen LogP contribution in [0.1, 0.15) is 37.8 Å². The van der Waals surface area contributed by atoms with Crippen LogP contribution >= 0.6 is 11.8 Å². The monoisotopic (exact) mass is 432 g/mol. The Hall–Kier alpha value is -2.06. The number of methoxy groups -OCH3 is 2. The molecule has 0 N–H and O–H groups in total. The quantitative estimate of drug-likeness (QED) is 0.402. The van der Waals surface area contributed by atoms with Crippen molar-refractivity contribution in [2.24, 2.45) is 11.8 Å². The van der Waals surface area contributed by atoms with Crippen molar-refractivity contribution in [2.45, 2.75) is 42.7 Å². The fourth-order valence-corrected chi connectivity index (χ4v) is 6.40. The summed E-state index contributed by atoms with van der Waals surface area (Å²) in [6, 6.07) is 5.59. The van der Waals surface area contributed by atoms with Crippen LogP contribution in [-0.4, -0.2) is 66.7 Å². The molecule has 0 aliphatic carbocycles. The zero-order valence-electron chi connectivity index (χ0n) is 17.8. The van der Waals surface area contributed by atoms with E-state index in [0.29, 0.717) is 13.0 Å². The first-order valence-electron chi connectivity index (χ1n) is 10.4. The van der Waals surface area contributed by atoms with Gasteiger partial charge in [-0.15, -0.1) is 11.8 Å². The molecular weight excluding hydrogens is 404 g/mol. The fraction of sp³-hybridized carbons (Fsp3) is 0.591. The van der Waals surface area contributed by atoms with Crippen LogP contribution < -0.4 is 4.74 Å². The molecule has 3 aliphatic rings. The van der Waals surface area contributed by atoms with Gasteiger partial charge in [0.2, 0.25) is 11.8 Å². The molecule has 7 nitrogen and oxygen atoms in total. The van der Waals surface area contributed by atoms with Gasteiger partial charge in [0.25, 0.3) is 0 Å². The first kappa shape index (κ1) is 21.2. The number of thioether (sulfide) groups is 1. The molecule has 0 bridgehead atoms. The second-order valence-electron chi connectivity index (χ2n) is 8.09. The van der Waals surface area contributed by atoms with Gasteiger partial charge in [0.15, 0.2) is 0 Å². The van der Waals surface area contributed by atoms with E-state index < -0.39 is 23.3 Å². The number of esters is 1. The summed E-state index contributed by atoms with van der Waals surface area (Å²) in [6.45, 7) is 2.72. The third-order valence-electron chi connectivity index (χ3n) is 6.85. The lowest BCUT2D eigenvalue weighted by atomic mass is 9.75. The molecule has 4 atom stereocenters. The zero-order chi connectivity index (χ0) is 21.6. The van der Waals surface area contributed by atoms with E-state index in [-0.39, 0.29) is 17.9 Å². The van der Waals surface area contributed by atoms with Gasteiger partial charge in [0.1, 0.15) is 11.3 Å². The number of fused-ring (bicyclic) bond motifs is 3. The van der Waals surface area contributed by atoms with Crippen molar-refractivity contribution in [3.8, 4) is 5.75 Å². The molecule has 0 radical (unpaired) electrons. The van der Waals surface area contributed by atoms with E-state index in [4.69, 9.17) is 9.47 Å². The van der Waals surface area contributed by atoms with Gasteiger partial charge in [-0.05, 0) is 49.3 Å². The van der Waals surface area contributed by atoms with Gasteiger partial charge in [-0.3, -0.25) is 24.2 Å². The number of imide groups is 1. The van der Waals surface area contributed by atoms with Crippen LogP contribution in [-0.2, 0) is 19.1 Å². The van der Waals surface area contributed by atoms with E-state index >= 15 is 0 Å². The Morgan fingerprint density at radius 3 is 2.67 bits per heavy atom. The summed E-state index contributed by atoms with van der Waals surface area (Å²) in [4.78, 5) is 43.8. The lowest BCUT2D eigenvalue weighted by Gasteiger charge is -2.44. The van der Waals surface area contributed by atoms with Gasteiger partial charge < -0.3 is 9.47 Å². The number of hydrogen-bond donors (Lipinski definition) is 0. The minimum Gasteiger partial charge on any atom is -0.496 e. The van der Waals surface area contributed by atoms with Gasteiger partial charge in [-0.25, -0.2) is 0 Å². The third-order valence-corrected chi connectivity index (χ3v) is 7.79. The summed E-state index contributed by atoms with van der Waals surface area (Å²) in [5.41, 5.74) is -0.198. The van der Waals surface area contributed by atoms with E-state index in [1.165, 1.54) is 19.1 Å². The smallest absolute Gasteiger partial charge is 0.327 e. The van der Waals surface area contributed by atoms with Crippen molar-refractivity contribution >= 4 is 29.5 Å². The van der Waals surface area contributed by atoms with Crippen LogP contribution in [0.4, 0.5) is 0 Å². The standard InChI is InChI=1S/C22H28N2O5S/c1-5-30-15-9-8-13(12-14(15)28-3)18-16-17(20(26)23(2)19(16)25)22(21(27)29-4)10-6-7-11-24(18)22/h8-9,12,16-18H,5-7,10-11H2,1-4H3/t16-,17-,18+,22-/m0/s1. The highest BCUT2D eigenvalue weighted by molar-refractivity contribution is 7.99. The number of nitrogens with zero attached hydrogens (tertiary/aromatic N) is 2. The van der Waals surface area contributed by atoms with Crippen molar-refractivity contribution in [2.75, 3.05) is 33.6 Å². The Morgan fingerprint density at radius 1 is 1.23 bits per heavy atom. The normalized spacial score (nSPS) is 30.9. The second kappa shape index (κ2) is 7.89. The number of piperidine rings is 1. The predicted molar refractivity (Wildman–Crippen MR) is 112 cm³/mol. The van der Waals surface area contributed by atoms with E-state index in [0.717, 1.165) is 34.8 Å². The highest BCUT2D eigenvalue weighted by atomic mass is 32.2. The van der Waals surface area contributed by atoms with Gasteiger partial charge in [0, 0.05) is 18.0 Å². The van der Waals surface area contributed by atoms with Crippen LogP contribution in [0, 0.1) is 11.8 Å². The minimum absolute atomic E-state index is 0.223. The maximum absolute atomic E-state index is 13.2. The first-order valence-corrected chi connectivity index (χ1v) is 11.4. The maximum atomic E-state index is 13.2. The number of amides is 2. The maximum Gasteiger partial charge on any atom is 0.327 e. The van der Waals surface area contributed by atoms with E-state index in [1.54, 1.807) is 18.9 Å². The summed E-state index contributed by atoms with van der Waals surface area (Å²) in [7, 11) is 4.50. The topological polar surface area (TPSA) is 76.2 Å². The van der Waals surface area contributed by atoms with Crippen LogP contribution in [0.3, 0.4) is 0 Å². The summed E-state index contributed by atoms with van der Waals surface area (Å²) in [5.74, 6) is -0.583. The Morgan fingerprint density at radius 2 is 2.00 bits per heavy atom. The Bertz CT molecular complexity index is 890. The molecule has 0 saturated carbocycles. The van der Waals surface area contributed by atoms with Crippen molar-refractivity contribution in [3.05, 3.63) is 23.8 Å². The molecule has 162 valence electrons. The molecule has 0 unspecified atom stereocenters. The highest BCUT2D eigenvalue weighted by Crippen LogP contribution is 2.58. The third kappa shape index (κ3) is 2.80. The molecule has 1 aromatic carbocycles. The van der Waals surface area contributed by atoms with E-state index in [9.17, 15) is 14.4 Å². The molecule has 3 fully saturated rings. The first-order chi connectivity index (χ1) is 14.4. The van der Waals surface area contributed by atoms with Crippen LogP contribution in [0.15, 0.2) is 23.1 Å². The zero-order valence-corrected chi connectivity index (χ0v) is 18.7. The lowest BCUT2D eigenvalue weighted by molar-refractivity contribution is -0.163. The van der Waals surface area contributed by atoms with Crippen molar-refractivity contribution in [3.63, 3.8) is 0 Å². The number of likely N-dealkylation sites (tertiary alicyclic amines) is 1. The van der Waals surface area contributed by atoms with Gasteiger partial charge in [-0.1, -0.05) is 13.0 Å². The van der Waals surface area contributed by atoms with Gasteiger partial charge in [0.05, 0.1) is 26.1 Å².